The molecule has 0 radical (unpaired) electrons. The lowest BCUT2D eigenvalue weighted by Crippen LogP contribution is -2.17. The van der Waals surface area contributed by atoms with Crippen molar-refractivity contribution < 1.29 is 14.3 Å². The zero-order valence-corrected chi connectivity index (χ0v) is 14.2. The van der Waals surface area contributed by atoms with E-state index in [1.807, 2.05) is 39.8 Å². The summed E-state index contributed by atoms with van der Waals surface area (Å²) in [4.78, 5) is 11.1. The molecule has 2 rings (SSSR count). The average Bonchev–Trinajstić information content (AvgIpc) is 2.43. The van der Waals surface area contributed by atoms with Crippen LogP contribution in [0.1, 0.15) is 42.3 Å². The summed E-state index contributed by atoms with van der Waals surface area (Å²) in [5.74, 6) is -0.169. The molecular formula is C18H20FO2P. The molecule has 2 nitrogen and oxygen atoms in total. The number of carbonyl (C=O) groups is 1. The van der Waals surface area contributed by atoms with Gasteiger partial charge in [-0.2, -0.15) is 0 Å². The lowest BCUT2D eigenvalue weighted by molar-refractivity contribution is 0.112. The molecule has 1 N–H and O–H groups in total. The number of aldehydes is 1. The lowest BCUT2D eigenvalue weighted by Gasteiger charge is -2.23. The van der Waals surface area contributed by atoms with Gasteiger partial charge in [0.1, 0.15) is 11.6 Å². The number of phenolic OH excluding ortho intramolecular Hbond substituents is 1. The molecule has 0 bridgehead atoms. The number of halogens is 1. The predicted octanol–water partition coefficient (Wildman–Crippen LogP) is 3.58. The third-order valence-electron chi connectivity index (χ3n) is 3.47. The van der Waals surface area contributed by atoms with Crippen LogP contribution in [0.15, 0.2) is 30.3 Å². The lowest BCUT2D eigenvalue weighted by atomic mass is 9.85. The molecule has 1 unspecified atom stereocenters. The first-order valence-electron chi connectivity index (χ1n) is 7.08. The summed E-state index contributed by atoms with van der Waals surface area (Å²) >= 11 is 0. The summed E-state index contributed by atoms with van der Waals surface area (Å²) in [5.41, 5.74) is 2.09. The Labute approximate surface area is 132 Å². The van der Waals surface area contributed by atoms with Crippen LogP contribution in [0.4, 0.5) is 4.39 Å². The highest BCUT2D eigenvalue weighted by Crippen LogP contribution is 2.33. The molecule has 4 heteroatoms. The summed E-state index contributed by atoms with van der Waals surface area (Å²) in [6.07, 6.45) is 0.656. The van der Waals surface area contributed by atoms with Gasteiger partial charge in [-0.15, -0.1) is 0 Å². The predicted molar refractivity (Wildman–Crippen MR) is 90.9 cm³/mol. The molecular weight excluding hydrogens is 298 g/mol. The first-order valence-corrected chi connectivity index (χ1v) is 8.08. The second-order valence-electron chi connectivity index (χ2n) is 6.43. The fourth-order valence-electron chi connectivity index (χ4n) is 2.34. The summed E-state index contributed by atoms with van der Waals surface area (Å²) in [6, 6.07) is 8.07. The van der Waals surface area contributed by atoms with Crippen molar-refractivity contribution in [3.63, 3.8) is 0 Å². The van der Waals surface area contributed by atoms with Gasteiger partial charge in [-0.3, -0.25) is 4.79 Å². The van der Waals surface area contributed by atoms with E-state index in [4.69, 9.17) is 0 Å². The van der Waals surface area contributed by atoms with Gasteiger partial charge in [0.2, 0.25) is 0 Å². The second kappa shape index (κ2) is 6.18. The van der Waals surface area contributed by atoms with E-state index in [1.54, 1.807) is 6.07 Å². The first-order chi connectivity index (χ1) is 10.2. The van der Waals surface area contributed by atoms with E-state index < -0.39 is 5.82 Å². The molecule has 0 amide bonds. The quantitative estimate of drug-likeness (QED) is 0.694. The largest absolute Gasteiger partial charge is 0.507 e. The number of carbonyl (C=O) groups excluding carboxylic acids is 1. The van der Waals surface area contributed by atoms with E-state index in [9.17, 15) is 14.3 Å². The van der Waals surface area contributed by atoms with Crippen molar-refractivity contribution in [2.45, 2.75) is 33.1 Å². The highest BCUT2D eigenvalue weighted by Gasteiger charge is 2.21. The zero-order valence-electron chi connectivity index (χ0n) is 13.2. The van der Waals surface area contributed by atoms with Crippen LogP contribution in [-0.2, 0) is 5.41 Å². The van der Waals surface area contributed by atoms with Gasteiger partial charge in [-0.1, -0.05) is 41.5 Å². The fraction of sp³-hybridized carbons (Fsp3) is 0.278. The standard InChI is InChI=1S/C18H20FO2P/c1-11-7-14(18(2,3)4)17(21)16(8-11)22-15-6-5-13(19)9-12(15)10-20/h5-10,21-22H,1-4H3. The molecule has 0 saturated heterocycles. The molecule has 0 spiro atoms. The summed E-state index contributed by atoms with van der Waals surface area (Å²) in [5, 5.41) is 12.1. The maximum Gasteiger partial charge on any atom is 0.150 e. The van der Waals surface area contributed by atoms with Crippen molar-refractivity contribution in [2.75, 3.05) is 0 Å². The summed E-state index contributed by atoms with van der Waals surface area (Å²) < 4.78 is 13.2. The average molecular weight is 318 g/mol. The normalized spacial score (nSPS) is 12.0. The van der Waals surface area contributed by atoms with Crippen LogP contribution in [-0.4, -0.2) is 11.4 Å². The molecule has 0 aliphatic heterocycles. The molecule has 1 atom stereocenters. The Kier molecular flexibility index (Phi) is 4.67. The third-order valence-corrected chi connectivity index (χ3v) is 4.85. The molecule has 0 aliphatic rings. The van der Waals surface area contributed by atoms with Gasteiger partial charge >= 0.3 is 0 Å². The van der Waals surface area contributed by atoms with Crippen molar-refractivity contribution >= 4 is 25.5 Å². The fourth-order valence-corrected chi connectivity index (χ4v) is 3.62. The Morgan fingerprint density at radius 2 is 1.82 bits per heavy atom. The van der Waals surface area contributed by atoms with Crippen molar-refractivity contribution in [1.29, 1.82) is 0 Å². The minimum absolute atomic E-state index is 0.102. The van der Waals surface area contributed by atoms with Gasteiger partial charge < -0.3 is 5.11 Å². The number of rotatable bonds is 3. The number of aryl methyl sites for hydroxylation is 1. The minimum Gasteiger partial charge on any atom is -0.507 e. The molecule has 0 aromatic heterocycles. The van der Waals surface area contributed by atoms with E-state index in [2.05, 4.69) is 0 Å². The maximum atomic E-state index is 13.2. The molecule has 0 aliphatic carbocycles. The highest BCUT2D eigenvalue weighted by molar-refractivity contribution is 7.56. The minimum atomic E-state index is -0.431. The SMILES string of the molecule is Cc1cc(Pc2ccc(F)cc2C=O)c(O)c(C(C)(C)C)c1. The Morgan fingerprint density at radius 3 is 2.41 bits per heavy atom. The molecule has 116 valence electrons. The van der Waals surface area contributed by atoms with E-state index in [0.717, 1.165) is 21.7 Å². The Bertz CT molecular complexity index is 718. The van der Waals surface area contributed by atoms with Crippen molar-refractivity contribution in [2.24, 2.45) is 0 Å². The van der Waals surface area contributed by atoms with Crippen LogP contribution in [0.2, 0.25) is 0 Å². The first kappa shape index (κ1) is 16.6. The van der Waals surface area contributed by atoms with Crippen LogP contribution in [0.25, 0.3) is 0 Å². The third kappa shape index (κ3) is 3.53. The summed E-state index contributed by atoms with van der Waals surface area (Å²) in [6.45, 7) is 8.11. The van der Waals surface area contributed by atoms with Crippen molar-refractivity contribution in [3.05, 3.63) is 52.8 Å². The van der Waals surface area contributed by atoms with Gasteiger partial charge in [0, 0.05) is 16.4 Å². The number of phenols is 1. The van der Waals surface area contributed by atoms with Crippen LogP contribution in [0, 0.1) is 12.7 Å². The maximum absolute atomic E-state index is 13.2. The number of benzene rings is 2. The van der Waals surface area contributed by atoms with Gasteiger partial charge in [0.05, 0.1) is 0 Å². The van der Waals surface area contributed by atoms with Crippen molar-refractivity contribution in [3.8, 4) is 5.75 Å². The molecule has 22 heavy (non-hydrogen) atoms. The van der Waals surface area contributed by atoms with E-state index in [1.165, 1.54) is 12.1 Å². The van der Waals surface area contributed by atoms with Crippen LogP contribution < -0.4 is 10.6 Å². The highest BCUT2D eigenvalue weighted by atomic mass is 31.1. The van der Waals surface area contributed by atoms with E-state index in [-0.39, 0.29) is 19.7 Å². The topological polar surface area (TPSA) is 37.3 Å². The summed E-state index contributed by atoms with van der Waals surface area (Å²) in [7, 11) is 0.102. The molecule has 0 heterocycles. The molecule has 2 aromatic rings. The van der Waals surface area contributed by atoms with Gasteiger partial charge in [0.25, 0.3) is 0 Å². The Morgan fingerprint density at radius 1 is 1.14 bits per heavy atom. The number of aromatic hydroxyl groups is 1. The van der Waals surface area contributed by atoms with E-state index >= 15 is 0 Å². The monoisotopic (exact) mass is 318 g/mol. The van der Waals surface area contributed by atoms with Gasteiger partial charge in [-0.05, 0) is 41.4 Å². The van der Waals surface area contributed by atoms with Crippen LogP contribution in [0.3, 0.4) is 0 Å². The number of hydrogen-bond donors (Lipinski definition) is 1. The molecule has 0 saturated carbocycles. The van der Waals surface area contributed by atoms with Crippen molar-refractivity contribution in [1.82, 2.24) is 0 Å². The molecule has 0 fully saturated rings. The Balaban J connectivity index is 2.51. The van der Waals surface area contributed by atoms with Crippen LogP contribution in [0.5, 0.6) is 5.75 Å². The molecule has 2 aromatic carbocycles. The van der Waals surface area contributed by atoms with Gasteiger partial charge in [-0.25, -0.2) is 4.39 Å². The number of hydrogen-bond acceptors (Lipinski definition) is 2. The van der Waals surface area contributed by atoms with Gasteiger partial charge in [0.15, 0.2) is 6.29 Å². The Hall–Kier alpha value is -1.73. The van der Waals surface area contributed by atoms with E-state index in [0.29, 0.717) is 11.8 Å². The smallest absolute Gasteiger partial charge is 0.150 e. The zero-order chi connectivity index (χ0) is 16.5. The second-order valence-corrected chi connectivity index (χ2v) is 7.76. The van der Waals surface area contributed by atoms with Crippen LogP contribution >= 0.6 is 8.58 Å².